The number of allylic oxidation sites excluding steroid dienone is 1. The highest BCUT2D eigenvalue weighted by Gasteiger charge is 2.80. The van der Waals surface area contributed by atoms with Crippen LogP contribution in [0.3, 0.4) is 0 Å². The summed E-state index contributed by atoms with van der Waals surface area (Å²) in [6.07, 6.45) is 7.42. The molecule has 98 valence electrons. The minimum Gasteiger partial charge on any atom is -0.197 e. The zero-order valence-corrected chi connectivity index (χ0v) is 11.6. The quantitative estimate of drug-likeness (QED) is 0.712. The van der Waals surface area contributed by atoms with E-state index in [0.717, 1.165) is 19.3 Å². The van der Waals surface area contributed by atoms with Gasteiger partial charge in [-0.3, -0.25) is 0 Å². The maximum atomic E-state index is 9.73. The lowest BCUT2D eigenvalue weighted by Gasteiger charge is -2.68. The topological polar surface area (TPSA) is 47.6 Å². The Balaban J connectivity index is 2.03. The Morgan fingerprint density at radius 2 is 1.90 bits per heavy atom. The molecule has 20 heavy (non-hydrogen) atoms. The van der Waals surface area contributed by atoms with E-state index in [4.69, 9.17) is 0 Å². The molecule has 0 bridgehead atoms. The lowest BCUT2D eigenvalue weighted by atomic mass is 9.31. The first-order valence-electron chi connectivity index (χ1n) is 7.26. The fraction of sp³-hybridized carbons (Fsp3) is 0.444. The Hall–Kier alpha value is -2.06. The highest BCUT2D eigenvalue weighted by molar-refractivity contribution is 5.66. The number of hydrogen-bond donors (Lipinski definition) is 0. The summed E-state index contributed by atoms with van der Waals surface area (Å²) in [5, 5.41) is 19.5. The van der Waals surface area contributed by atoms with Crippen LogP contribution < -0.4 is 0 Å². The van der Waals surface area contributed by atoms with Gasteiger partial charge in [0.15, 0.2) is 5.41 Å². The minimum absolute atomic E-state index is 0.00377. The van der Waals surface area contributed by atoms with Crippen molar-refractivity contribution in [3.63, 3.8) is 0 Å². The molecule has 4 rings (SSSR count). The van der Waals surface area contributed by atoms with Crippen molar-refractivity contribution in [1.82, 2.24) is 0 Å². The lowest BCUT2D eigenvalue weighted by molar-refractivity contribution is -0.112. The van der Waals surface area contributed by atoms with Gasteiger partial charge in [-0.15, -0.1) is 0 Å². The van der Waals surface area contributed by atoms with Crippen molar-refractivity contribution < 1.29 is 0 Å². The molecule has 3 aliphatic rings. The summed E-state index contributed by atoms with van der Waals surface area (Å²) < 4.78 is 0. The average molecular weight is 260 g/mol. The number of nitrogens with zero attached hydrogens (tertiary/aromatic N) is 2. The Morgan fingerprint density at radius 1 is 1.15 bits per heavy atom. The summed E-state index contributed by atoms with van der Waals surface area (Å²) in [6.45, 7) is 2.17. The van der Waals surface area contributed by atoms with Crippen molar-refractivity contribution in [3.05, 3.63) is 41.5 Å². The van der Waals surface area contributed by atoms with E-state index >= 15 is 0 Å². The van der Waals surface area contributed by atoms with Crippen LogP contribution in [0.1, 0.15) is 37.3 Å². The van der Waals surface area contributed by atoms with Crippen molar-refractivity contribution in [2.24, 2.45) is 16.7 Å². The van der Waals surface area contributed by atoms with Gasteiger partial charge in [-0.05, 0) is 24.0 Å². The maximum Gasteiger partial charge on any atom is 0.157 e. The monoisotopic (exact) mass is 260 g/mol. The van der Waals surface area contributed by atoms with Gasteiger partial charge in [0, 0.05) is 16.7 Å². The second kappa shape index (κ2) is 3.33. The molecule has 2 nitrogen and oxygen atoms in total. The molecule has 1 aromatic rings. The summed E-state index contributed by atoms with van der Waals surface area (Å²) in [4.78, 5) is 0. The first-order chi connectivity index (χ1) is 9.66. The van der Waals surface area contributed by atoms with Crippen LogP contribution >= 0.6 is 0 Å². The predicted octanol–water partition coefficient (Wildman–Crippen LogP) is 3.80. The molecule has 0 amide bonds. The van der Waals surface area contributed by atoms with E-state index in [0.29, 0.717) is 0 Å². The Morgan fingerprint density at radius 3 is 2.65 bits per heavy atom. The van der Waals surface area contributed by atoms with Crippen LogP contribution in [-0.2, 0) is 5.41 Å². The van der Waals surface area contributed by atoms with Crippen LogP contribution in [0.15, 0.2) is 30.3 Å². The van der Waals surface area contributed by atoms with Gasteiger partial charge in [-0.1, -0.05) is 49.8 Å². The van der Waals surface area contributed by atoms with Crippen LogP contribution in [0.4, 0.5) is 0 Å². The second-order valence-corrected chi connectivity index (χ2v) is 6.61. The summed E-state index contributed by atoms with van der Waals surface area (Å²) in [5.41, 5.74) is 1.56. The number of hydrogen-bond acceptors (Lipinski definition) is 2. The zero-order valence-electron chi connectivity index (χ0n) is 11.6. The molecule has 0 heterocycles. The molecular formula is C18H16N2. The van der Waals surface area contributed by atoms with E-state index in [1.165, 1.54) is 11.1 Å². The third-order valence-electron chi connectivity index (χ3n) is 6.36. The fourth-order valence-electron chi connectivity index (χ4n) is 5.47. The van der Waals surface area contributed by atoms with E-state index in [2.05, 4.69) is 55.5 Å². The lowest BCUT2D eigenvalue weighted by Crippen LogP contribution is -2.70. The first kappa shape index (κ1) is 11.7. The molecule has 2 heteroatoms. The van der Waals surface area contributed by atoms with E-state index < -0.39 is 5.41 Å². The second-order valence-electron chi connectivity index (χ2n) is 6.61. The van der Waals surface area contributed by atoms with Crippen molar-refractivity contribution in [2.45, 2.75) is 31.6 Å². The Bertz CT molecular complexity index is 704. The molecule has 0 aliphatic heterocycles. The van der Waals surface area contributed by atoms with Crippen molar-refractivity contribution in [1.29, 1.82) is 10.5 Å². The van der Waals surface area contributed by atoms with Crippen molar-refractivity contribution >= 4 is 6.08 Å². The number of nitriles is 2. The third kappa shape index (κ3) is 0.870. The highest BCUT2D eigenvalue weighted by atomic mass is 14.8. The van der Waals surface area contributed by atoms with Gasteiger partial charge >= 0.3 is 0 Å². The van der Waals surface area contributed by atoms with E-state index in [1.54, 1.807) is 0 Å². The maximum absolute atomic E-state index is 9.73. The van der Waals surface area contributed by atoms with Crippen molar-refractivity contribution in [3.8, 4) is 12.1 Å². The molecule has 0 radical (unpaired) electrons. The van der Waals surface area contributed by atoms with Gasteiger partial charge in [-0.25, -0.2) is 0 Å². The smallest absolute Gasteiger partial charge is 0.157 e. The Kier molecular flexibility index (Phi) is 1.96. The standard InChI is InChI=1S/C18H16N2/c1-16-9-4-10-18(16)14-6-3-2-5-13(14)7-8-15(18)17(16,11-19)12-20/h2-3,5-8,15H,4,9-10H2,1H3. The van der Waals surface area contributed by atoms with Gasteiger partial charge < -0.3 is 0 Å². The normalized spacial score (nSPS) is 38.6. The first-order valence-corrected chi connectivity index (χ1v) is 7.26. The molecule has 3 aliphatic carbocycles. The van der Waals surface area contributed by atoms with Crippen LogP contribution in [-0.4, -0.2) is 0 Å². The Labute approximate surface area is 119 Å². The zero-order chi connectivity index (χ0) is 14.0. The third-order valence-corrected chi connectivity index (χ3v) is 6.36. The van der Waals surface area contributed by atoms with Gasteiger partial charge in [0.25, 0.3) is 0 Å². The number of benzene rings is 1. The SMILES string of the molecule is CC12CCCC13c1ccccc1C=CC3C2(C#N)C#N. The number of fused-ring (bicyclic) bond motifs is 1. The summed E-state index contributed by atoms with van der Waals surface area (Å²) in [6, 6.07) is 13.3. The molecule has 1 aromatic carbocycles. The molecule has 0 saturated heterocycles. The van der Waals surface area contributed by atoms with Gasteiger partial charge in [0.05, 0.1) is 12.1 Å². The summed E-state index contributed by atoms with van der Waals surface area (Å²) in [5.74, 6) is 0.0485. The number of rotatable bonds is 0. The van der Waals surface area contributed by atoms with E-state index in [-0.39, 0.29) is 16.7 Å². The summed E-state index contributed by atoms with van der Waals surface area (Å²) >= 11 is 0. The molecule has 2 fully saturated rings. The molecule has 0 aromatic heterocycles. The van der Waals surface area contributed by atoms with Gasteiger partial charge in [-0.2, -0.15) is 10.5 Å². The molecule has 1 spiro atoms. The molecule has 3 atom stereocenters. The van der Waals surface area contributed by atoms with Crippen LogP contribution in [0.25, 0.3) is 6.08 Å². The van der Waals surface area contributed by atoms with Crippen molar-refractivity contribution in [2.75, 3.05) is 0 Å². The van der Waals surface area contributed by atoms with Crippen LogP contribution in [0.5, 0.6) is 0 Å². The van der Waals surface area contributed by atoms with Gasteiger partial charge in [0.2, 0.25) is 0 Å². The minimum atomic E-state index is -0.854. The van der Waals surface area contributed by atoms with E-state index in [9.17, 15) is 10.5 Å². The summed E-state index contributed by atoms with van der Waals surface area (Å²) in [7, 11) is 0. The van der Waals surface area contributed by atoms with Crippen LogP contribution in [0.2, 0.25) is 0 Å². The molecule has 2 saturated carbocycles. The largest absolute Gasteiger partial charge is 0.197 e. The average Bonchev–Trinajstić information content (AvgIpc) is 2.77. The molecule has 3 unspecified atom stereocenters. The van der Waals surface area contributed by atoms with Gasteiger partial charge in [0.1, 0.15) is 0 Å². The van der Waals surface area contributed by atoms with Crippen LogP contribution in [0, 0.1) is 39.4 Å². The molecule has 0 N–H and O–H groups in total. The molecular weight excluding hydrogens is 244 g/mol. The fourth-order valence-corrected chi connectivity index (χ4v) is 5.47. The predicted molar refractivity (Wildman–Crippen MR) is 76.3 cm³/mol. The van der Waals surface area contributed by atoms with E-state index in [1.807, 2.05) is 0 Å². The highest BCUT2D eigenvalue weighted by Crippen LogP contribution is 2.79.